The molecule has 1 N–H and O–H groups in total. The number of nitrogens with zero attached hydrogens (tertiary/aromatic N) is 2. The van der Waals surface area contributed by atoms with Gasteiger partial charge in [-0.3, -0.25) is 0 Å². The zero-order chi connectivity index (χ0) is 15.1. The summed E-state index contributed by atoms with van der Waals surface area (Å²) in [5, 5.41) is 4.00. The normalized spacial score (nSPS) is 10.8. The van der Waals surface area contributed by atoms with Crippen LogP contribution in [0.15, 0.2) is 30.7 Å². The molecule has 2 aromatic rings. The molecule has 21 heavy (non-hydrogen) atoms. The van der Waals surface area contributed by atoms with Gasteiger partial charge in [-0.05, 0) is 37.6 Å². The van der Waals surface area contributed by atoms with Crippen molar-refractivity contribution in [2.24, 2.45) is 0 Å². The number of rotatable bonds is 8. The van der Waals surface area contributed by atoms with Crippen LogP contribution in [-0.2, 0) is 19.7 Å². The summed E-state index contributed by atoms with van der Waals surface area (Å²) in [6, 6.07) is 5.93. The van der Waals surface area contributed by atoms with Gasteiger partial charge in [-0.2, -0.15) is 0 Å². The highest BCUT2D eigenvalue weighted by Gasteiger charge is 2.06. The molecule has 0 aliphatic rings. The zero-order valence-electron chi connectivity index (χ0n) is 12.6. The van der Waals surface area contributed by atoms with E-state index < -0.39 is 0 Å². The van der Waals surface area contributed by atoms with Gasteiger partial charge in [0, 0.05) is 13.1 Å². The zero-order valence-corrected chi connectivity index (χ0v) is 13.4. The maximum Gasteiger partial charge on any atom is 0.138 e. The van der Waals surface area contributed by atoms with Crippen molar-refractivity contribution in [3.05, 3.63) is 47.0 Å². The molecular weight excluding hydrogens is 286 g/mol. The van der Waals surface area contributed by atoms with E-state index >= 15 is 0 Å². The summed E-state index contributed by atoms with van der Waals surface area (Å²) in [6.45, 7) is 7.43. The monoisotopic (exact) mass is 307 g/mol. The average Bonchev–Trinajstić information content (AvgIpc) is 2.94. The molecule has 1 aromatic heterocycles. The molecule has 0 radical (unpaired) electrons. The Morgan fingerprint density at radius 2 is 2.19 bits per heavy atom. The molecule has 0 fully saturated rings. The molecule has 114 valence electrons. The van der Waals surface area contributed by atoms with Crippen LogP contribution in [0.2, 0.25) is 5.02 Å². The van der Waals surface area contributed by atoms with Crippen LogP contribution in [0.3, 0.4) is 0 Å². The Bertz CT molecular complexity index is 568. The van der Waals surface area contributed by atoms with Crippen molar-refractivity contribution >= 4 is 11.6 Å². The number of aromatic nitrogens is 2. The first-order valence-corrected chi connectivity index (χ1v) is 7.73. The lowest BCUT2D eigenvalue weighted by Crippen LogP contribution is -2.13. The van der Waals surface area contributed by atoms with Crippen LogP contribution in [0.25, 0.3) is 0 Å². The van der Waals surface area contributed by atoms with Crippen molar-refractivity contribution in [2.45, 2.75) is 40.0 Å². The topological polar surface area (TPSA) is 39.1 Å². The molecule has 1 aromatic carbocycles. The minimum absolute atomic E-state index is 0.473. The van der Waals surface area contributed by atoms with Gasteiger partial charge in [-0.25, -0.2) is 4.98 Å². The summed E-state index contributed by atoms with van der Waals surface area (Å²) in [5.74, 6) is 0.708. The predicted octanol–water partition coefficient (Wildman–Crippen LogP) is 3.64. The van der Waals surface area contributed by atoms with Gasteiger partial charge < -0.3 is 14.6 Å². The second-order valence-corrected chi connectivity index (χ2v) is 5.31. The van der Waals surface area contributed by atoms with Crippen molar-refractivity contribution in [3.8, 4) is 5.75 Å². The third kappa shape index (κ3) is 4.48. The SMILES string of the molecule is CCCNCc1ccc(OCc2cncn2CC)c(Cl)c1. The van der Waals surface area contributed by atoms with Gasteiger partial charge in [0.05, 0.1) is 23.2 Å². The summed E-state index contributed by atoms with van der Waals surface area (Å²) in [7, 11) is 0. The fraction of sp³-hybridized carbons (Fsp3) is 0.438. The molecular formula is C16H22ClN3O. The van der Waals surface area contributed by atoms with Crippen molar-refractivity contribution in [3.63, 3.8) is 0 Å². The number of benzene rings is 1. The van der Waals surface area contributed by atoms with E-state index in [1.165, 1.54) is 5.56 Å². The van der Waals surface area contributed by atoms with Gasteiger partial charge in [0.15, 0.2) is 0 Å². The molecule has 0 unspecified atom stereocenters. The van der Waals surface area contributed by atoms with Gasteiger partial charge in [-0.1, -0.05) is 24.6 Å². The number of imidazole rings is 1. The molecule has 5 heteroatoms. The first-order valence-electron chi connectivity index (χ1n) is 7.35. The Labute approximate surface area is 131 Å². The minimum atomic E-state index is 0.473. The van der Waals surface area contributed by atoms with E-state index in [1.54, 1.807) is 0 Å². The van der Waals surface area contributed by atoms with E-state index in [9.17, 15) is 0 Å². The summed E-state index contributed by atoms with van der Waals surface area (Å²) in [6.07, 6.45) is 4.75. The first-order chi connectivity index (χ1) is 10.2. The van der Waals surface area contributed by atoms with Crippen LogP contribution in [0.5, 0.6) is 5.75 Å². The molecule has 0 atom stereocenters. The van der Waals surface area contributed by atoms with E-state index in [2.05, 4.69) is 28.7 Å². The van der Waals surface area contributed by atoms with Gasteiger partial charge in [0.1, 0.15) is 12.4 Å². The van der Waals surface area contributed by atoms with Crippen LogP contribution in [0.1, 0.15) is 31.5 Å². The van der Waals surface area contributed by atoms with Crippen LogP contribution >= 0.6 is 11.6 Å². The minimum Gasteiger partial charge on any atom is -0.486 e. The summed E-state index contributed by atoms with van der Waals surface area (Å²) in [5.41, 5.74) is 2.21. The van der Waals surface area contributed by atoms with E-state index in [4.69, 9.17) is 16.3 Å². The molecule has 4 nitrogen and oxygen atoms in total. The Balaban J connectivity index is 1.94. The number of aryl methyl sites for hydroxylation is 1. The van der Waals surface area contributed by atoms with E-state index in [-0.39, 0.29) is 0 Å². The van der Waals surface area contributed by atoms with Gasteiger partial charge in [0.25, 0.3) is 0 Å². The van der Waals surface area contributed by atoms with Crippen molar-refractivity contribution in [1.82, 2.24) is 14.9 Å². The maximum absolute atomic E-state index is 6.28. The highest BCUT2D eigenvalue weighted by molar-refractivity contribution is 6.32. The number of halogens is 1. The van der Waals surface area contributed by atoms with Crippen molar-refractivity contribution in [2.75, 3.05) is 6.54 Å². The Morgan fingerprint density at radius 1 is 1.33 bits per heavy atom. The molecule has 0 saturated heterocycles. The highest BCUT2D eigenvalue weighted by atomic mass is 35.5. The largest absolute Gasteiger partial charge is 0.486 e. The van der Waals surface area contributed by atoms with Crippen LogP contribution in [0, 0.1) is 0 Å². The molecule has 0 aliphatic carbocycles. The van der Waals surface area contributed by atoms with Gasteiger partial charge in [-0.15, -0.1) is 0 Å². The van der Waals surface area contributed by atoms with Crippen LogP contribution in [0.4, 0.5) is 0 Å². The molecule has 0 spiro atoms. The molecule has 0 saturated carbocycles. The lowest BCUT2D eigenvalue weighted by molar-refractivity contribution is 0.295. The van der Waals surface area contributed by atoms with Crippen molar-refractivity contribution < 1.29 is 4.74 Å². The molecule has 0 amide bonds. The lowest BCUT2D eigenvalue weighted by atomic mass is 10.2. The highest BCUT2D eigenvalue weighted by Crippen LogP contribution is 2.26. The second-order valence-electron chi connectivity index (χ2n) is 4.90. The summed E-state index contributed by atoms with van der Waals surface area (Å²) < 4.78 is 7.84. The molecule has 0 aliphatic heterocycles. The standard InChI is InChI=1S/C16H22ClN3O/c1-3-7-18-9-13-5-6-16(15(17)8-13)21-11-14-10-19-12-20(14)4-2/h5-6,8,10,12,18H,3-4,7,9,11H2,1-2H3. The first kappa shape index (κ1) is 15.9. The third-order valence-corrected chi connectivity index (χ3v) is 3.56. The number of hydrogen-bond donors (Lipinski definition) is 1. The number of nitrogens with one attached hydrogen (secondary N) is 1. The van der Waals surface area contributed by atoms with E-state index in [0.29, 0.717) is 17.4 Å². The molecule has 2 rings (SSSR count). The number of ether oxygens (including phenoxy) is 1. The van der Waals surface area contributed by atoms with Crippen LogP contribution < -0.4 is 10.1 Å². The van der Waals surface area contributed by atoms with Crippen LogP contribution in [-0.4, -0.2) is 16.1 Å². The number of hydrogen-bond acceptors (Lipinski definition) is 3. The van der Waals surface area contributed by atoms with E-state index in [1.807, 2.05) is 30.7 Å². The summed E-state index contributed by atoms with van der Waals surface area (Å²) in [4.78, 5) is 4.13. The molecule has 0 bridgehead atoms. The second kappa shape index (κ2) is 8.05. The lowest BCUT2D eigenvalue weighted by Gasteiger charge is -2.11. The van der Waals surface area contributed by atoms with Gasteiger partial charge in [0.2, 0.25) is 0 Å². The maximum atomic E-state index is 6.28. The summed E-state index contributed by atoms with van der Waals surface area (Å²) >= 11 is 6.28. The van der Waals surface area contributed by atoms with Crippen molar-refractivity contribution in [1.29, 1.82) is 0 Å². The fourth-order valence-electron chi connectivity index (χ4n) is 2.09. The average molecular weight is 308 g/mol. The third-order valence-electron chi connectivity index (χ3n) is 3.27. The quantitative estimate of drug-likeness (QED) is 0.757. The smallest absolute Gasteiger partial charge is 0.138 e. The van der Waals surface area contributed by atoms with Gasteiger partial charge >= 0.3 is 0 Å². The Kier molecular flexibility index (Phi) is 6.08. The Hall–Kier alpha value is -1.52. The fourth-order valence-corrected chi connectivity index (χ4v) is 2.34. The van der Waals surface area contributed by atoms with E-state index in [0.717, 1.165) is 31.7 Å². The molecule has 1 heterocycles. The Morgan fingerprint density at radius 3 is 2.90 bits per heavy atom. The predicted molar refractivity (Wildman–Crippen MR) is 85.7 cm³/mol.